The molecular weight excluding hydrogens is 769 g/mol. The maximum absolute atomic E-state index is 2.59. The molecule has 64 heavy (non-hydrogen) atoms. The van der Waals surface area contributed by atoms with Crippen molar-refractivity contribution in [2.75, 3.05) is 0 Å². The van der Waals surface area contributed by atoms with Gasteiger partial charge in [-0.15, -0.1) is 0 Å². The molecule has 0 radical (unpaired) electrons. The van der Waals surface area contributed by atoms with Crippen LogP contribution in [0.15, 0.2) is 158 Å². The summed E-state index contributed by atoms with van der Waals surface area (Å²) >= 11 is 0. The van der Waals surface area contributed by atoms with Crippen LogP contribution < -0.4 is 0 Å². The molecule has 0 aromatic heterocycles. The van der Waals surface area contributed by atoms with Crippen molar-refractivity contribution in [3.05, 3.63) is 180 Å². The van der Waals surface area contributed by atoms with E-state index in [4.69, 9.17) is 0 Å². The second-order valence-electron chi connectivity index (χ2n) is 21.0. The highest BCUT2D eigenvalue weighted by atomic mass is 14.3. The smallest absolute Gasteiger partial charge is 0.000696 e. The molecule has 0 saturated heterocycles. The van der Waals surface area contributed by atoms with Gasteiger partial charge in [0.2, 0.25) is 0 Å². The van der Waals surface area contributed by atoms with Crippen molar-refractivity contribution in [1.82, 2.24) is 0 Å². The molecule has 0 aliphatic rings. The van der Waals surface area contributed by atoms with Gasteiger partial charge in [0.1, 0.15) is 0 Å². The van der Waals surface area contributed by atoms with E-state index in [1.807, 2.05) is 0 Å². The third-order valence-corrected chi connectivity index (χ3v) is 14.9. The monoisotopic (exact) mass is 818 g/mol. The van der Waals surface area contributed by atoms with E-state index in [0.29, 0.717) is 0 Å². The number of hydrogen-bond acceptors (Lipinski definition) is 0. The molecule has 0 N–H and O–H groups in total. The first kappa shape index (κ1) is 37.5. The molecule has 0 aliphatic heterocycles. The summed E-state index contributed by atoms with van der Waals surface area (Å²) in [4.78, 5) is 0. The second-order valence-corrected chi connectivity index (χ2v) is 21.0. The summed E-state index contributed by atoms with van der Waals surface area (Å²) in [5, 5.41) is 26.8. The fraction of sp³-hybridized carbons (Fsp3) is 0.156. The van der Waals surface area contributed by atoms with E-state index in [1.165, 1.54) is 152 Å². The van der Waals surface area contributed by atoms with Crippen molar-refractivity contribution in [3.8, 4) is 22.3 Å². The van der Waals surface area contributed by atoms with Crippen LogP contribution in [0.4, 0.5) is 0 Å². The Morgan fingerprint density at radius 1 is 0.266 bits per heavy atom. The van der Waals surface area contributed by atoms with E-state index < -0.39 is 0 Å². The molecule has 0 heterocycles. The molecule has 0 heteroatoms. The average molecular weight is 819 g/mol. The molecule has 13 rings (SSSR count). The van der Waals surface area contributed by atoms with Gasteiger partial charge in [0.05, 0.1) is 0 Å². The van der Waals surface area contributed by atoms with E-state index >= 15 is 0 Å². The van der Waals surface area contributed by atoms with Crippen LogP contribution in [0.3, 0.4) is 0 Å². The Kier molecular flexibility index (Phi) is 7.51. The van der Waals surface area contributed by atoms with Crippen LogP contribution >= 0.6 is 0 Å². The van der Waals surface area contributed by atoms with Crippen LogP contribution in [0.25, 0.3) is 130 Å². The standard InChI is InChI=1S/C64H50/c1-35-17-21-37(22-18-35)49-31-39-29-41(63(3,4)5)25-27-43(39)55-51(49)33-53-57-46-14-10-12-16-48(46)60-56-44-28-26-42(64(6,7)8)30-40(44)32-50(38-23-19-36(2)20-24-38)52(56)34-54(62(57)60)58-45-13-9-11-15-47(45)59(55)61(53)58/h9-34H,1-8H3. The zero-order valence-corrected chi connectivity index (χ0v) is 38.0. The largest absolute Gasteiger partial charge is 0.0616 e. The van der Waals surface area contributed by atoms with Crippen molar-refractivity contribution in [2.24, 2.45) is 0 Å². The lowest BCUT2D eigenvalue weighted by atomic mass is 9.82. The Hall–Kier alpha value is -7.02. The average Bonchev–Trinajstić information content (AvgIpc) is 3.82. The molecule has 0 bridgehead atoms. The van der Waals surface area contributed by atoms with Crippen LogP contribution in [-0.2, 0) is 10.8 Å². The fourth-order valence-corrected chi connectivity index (χ4v) is 11.6. The molecule has 0 fully saturated rings. The zero-order valence-electron chi connectivity index (χ0n) is 38.0. The number of benzene rings is 11. The Bertz CT molecular complexity index is 3840. The molecule has 13 aromatic rings. The van der Waals surface area contributed by atoms with E-state index in [2.05, 4.69) is 213 Å². The van der Waals surface area contributed by atoms with Gasteiger partial charge in [0, 0.05) is 0 Å². The predicted molar refractivity (Wildman–Crippen MR) is 282 cm³/mol. The minimum absolute atomic E-state index is 0.0295. The van der Waals surface area contributed by atoms with E-state index in [-0.39, 0.29) is 10.8 Å². The van der Waals surface area contributed by atoms with Gasteiger partial charge in [-0.1, -0.05) is 186 Å². The summed E-state index contributed by atoms with van der Waals surface area (Å²) in [5.41, 5.74) is 10.4. The molecule has 0 aliphatic carbocycles. The minimum Gasteiger partial charge on any atom is -0.0616 e. The summed E-state index contributed by atoms with van der Waals surface area (Å²) in [6.07, 6.45) is 0. The van der Waals surface area contributed by atoms with Crippen molar-refractivity contribution in [1.29, 1.82) is 0 Å². The molecule has 13 aromatic carbocycles. The van der Waals surface area contributed by atoms with Crippen molar-refractivity contribution in [2.45, 2.75) is 66.2 Å². The van der Waals surface area contributed by atoms with Crippen LogP contribution in [0.2, 0.25) is 0 Å². The normalized spacial score (nSPS) is 13.0. The van der Waals surface area contributed by atoms with E-state index in [1.54, 1.807) is 0 Å². The lowest BCUT2D eigenvalue weighted by Crippen LogP contribution is -2.10. The molecule has 0 spiro atoms. The van der Waals surface area contributed by atoms with Crippen LogP contribution in [0.5, 0.6) is 0 Å². The summed E-state index contributed by atoms with van der Waals surface area (Å²) in [5.74, 6) is 0. The van der Waals surface area contributed by atoms with Crippen LogP contribution in [0.1, 0.15) is 63.8 Å². The molecule has 306 valence electrons. The Morgan fingerprint density at radius 2 is 0.594 bits per heavy atom. The van der Waals surface area contributed by atoms with Gasteiger partial charge < -0.3 is 0 Å². The first-order valence-corrected chi connectivity index (χ1v) is 23.1. The van der Waals surface area contributed by atoms with Gasteiger partial charge in [-0.25, -0.2) is 0 Å². The van der Waals surface area contributed by atoms with E-state index in [9.17, 15) is 0 Å². The highest BCUT2D eigenvalue weighted by Gasteiger charge is 2.28. The fourth-order valence-electron chi connectivity index (χ4n) is 11.6. The van der Waals surface area contributed by atoms with Crippen LogP contribution in [0, 0.1) is 13.8 Å². The van der Waals surface area contributed by atoms with Crippen LogP contribution in [-0.4, -0.2) is 0 Å². The number of fused-ring (bicyclic) bond motifs is 16. The summed E-state index contributed by atoms with van der Waals surface area (Å²) in [6.45, 7) is 18.3. The third-order valence-electron chi connectivity index (χ3n) is 14.9. The van der Waals surface area contributed by atoms with Crippen molar-refractivity contribution < 1.29 is 0 Å². The van der Waals surface area contributed by atoms with Gasteiger partial charge in [-0.05, 0) is 190 Å². The topological polar surface area (TPSA) is 0 Å². The van der Waals surface area contributed by atoms with Gasteiger partial charge in [0.25, 0.3) is 0 Å². The first-order chi connectivity index (χ1) is 30.8. The predicted octanol–water partition coefficient (Wildman–Crippen LogP) is 18.6. The molecule has 0 unspecified atom stereocenters. The lowest BCUT2D eigenvalue weighted by Gasteiger charge is -2.21. The first-order valence-electron chi connectivity index (χ1n) is 23.1. The summed E-state index contributed by atoms with van der Waals surface area (Å²) in [6, 6.07) is 61.6. The maximum atomic E-state index is 2.59. The zero-order chi connectivity index (χ0) is 43.6. The SMILES string of the molecule is Cc1ccc(-c2cc3cc(C(C)(C)C)ccc3c3c2cc2c4c5ccccc5c5c6c(cc(c7c8ccccc8c3c27)c45)c(-c2ccc(C)cc2)cc2cc(C(C)(C)C)ccc26)cc1. The Labute approximate surface area is 374 Å². The maximum Gasteiger partial charge on any atom is -0.000696 e. The molecule has 0 atom stereocenters. The minimum atomic E-state index is 0.0295. The quantitative estimate of drug-likeness (QED) is 0.120. The number of aryl methyl sites for hydroxylation is 2. The van der Waals surface area contributed by atoms with Crippen molar-refractivity contribution in [3.63, 3.8) is 0 Å². The Balaban J connectivity index is 1.32. The molecule has 0 amide bonds. The van der Waals surface area contributed by atoms with Gasteiger partial charge in [-0.2, -0.15) is 0 Å². The third kappa shape index (κ3) is 5.11. The summed E-state index contributed by atoms with van der Waals surface area (Å²) < 4.78 is 0. The van der Waals surface area contributed by atoms with Gasteiger partial charge >= 0.3 is 0 Å². The molecule has 0 saturated carbocycles. The van der Waals surface area contributed by atoms with Gasteiger partial charge in [-0.3, -0.25) is 0 Å². The number of hydrogen-bond donors (Lipinski definition) is 0. The Morgan fingerprint density at radius 3 is 0.953 bits per heavy atom. The molecule has 0 nitrogen and oxygen atoms in total. The second kappa shape index (κ2) is 12.8. The number of rotatable bonds is 2. The molecular formula is C64H50. The van der Waals surface area contributed by atoms with E-state index in [0.717, 1.165) is 0 Å². The van der Waals surface area contributed by atoms with Gasteiger partial charge in [0.15, 0.2) is 0 Å². The summed E-state index contributed by atoms with van der Waals surface area (Å²) in [7, 11) is 0. The highest BCUT2D eigenvalue weighted by molar-refractivity contribution is 6.54. The van der Waals surface area contributed by atoms with Crippen molar-refractivity contribution >= 4 is 108 Å². The highest BCUT2D eigenvalue weighted by Crippen LogP contribution is 2.56. The lowest BCUT2D eigenvalue weighted by molar-refractivity contribution is 0.591.